The second-order valence-corrected chi connectivity index (χ2v) is 17.7. The lowest BCUT2D eigenvalue weighted by atomic mass is 9.82. The van der Waals surface area contributed by atoms with Crippen LogP contribution in [0.3, 0.4) is 0 Å². The zero-order valence-electron chi connectivity index (χ0n) is 40.0. The van der Waals surface area contributed by atoms with Gasteiger partial charge in [0.2, 0.25) is 11.8 Å². The number of hydrogen-bond acceptors (Lipinski definition) is 13. The van der Waals surface area contributed by atoms with Crippen molar-refractivity contribution >= 4 is 93.0 Å². The van der Waals surface area contributed by atoms with Crippen molar-refractivity contribution < 1.29 is 57.4 Å². The standard InChI is InChI=1S/C38H34N2O8.C19H13Cl2NO4.2CH4/c1-47-37(45)28(24-9-5-3-6-10-24)17-18-33(42)40-26-14-16-30-32(21-26)36(44)29-15-13-23(20-31(29)35(30)43)19-27(41)22-39-34(38(46)48-2)25-11-7-4-8-12-25;20-8-12(23)5-10-1-3-13-15(6-10)18(25)14-4-2-11(22-17(24)9-21)7-16(14)19(13)26;;/h3-16,20-21,28,34,39H,17-19,22H2,1-2H3,(H,40,42);1-4,6-7H,5,8-9H2,(H,22,24);2*1H4/t28-,34-;;;/m1.../s1. The van der Waals surface area contributed by atoms with Crippen LogP contribution in [-0.2, 0) is 51.1 Å². The number of carbonyl (C=O) groups excluding carboxylic acids is 10. The minimum absolute atomic E-state index is 0. The number of hydrogen-bond donors (Lipinski definition) is 3. The van der Waals surface area contributed by atoms with E-state index in [1.807, 2.05) is 24.3 Å². The Morgan fingerprint density at radius 2 is 0.895 bits per heavy atom. The van der Waals surface area contributed by atoms with Crippen LogP contribution < -0.4 is 16.0 Å². The first-order valence-corrected chi connectivity index (χ1v) is 24.2. The average Bonchev–Trinajstić information content (AvgIpc) is 3.42. The number of esters is 2. The molecule has 2 amide bonds. The highest BCUT2D eigenvalue weighted by atomic mass is 35.5. The summed E-state index contributed by atoms with van der Waals surface area (Å²) in [6.07, 6.45) is 0.323. The van der Waals surface area contributed by atoms with Gasteiger partial charge in [-0.3, -0.25) is 48.5 Å². The topological polar surface area (TPSA) is 225 Å². The van der Waals surface area contributed by atoms with E-state index >= 15 is 0 Å². The molecule has 15 nitrogen and oxygen atoms in total. The van der Waals surface area contributed by atoms with Gasteiger partial charge in [0.05, 0.1) is 32.6 Å². The number of benzene rings is 6. The van der Waals surface area contributed by atoms with Crippen molar-refractivity contribution in [2.45, 2.75) is 52.5 Å². The third-order valence-electron chi connectivity index (χ3n) is 12.2. The van der Waals surface area contributed by atoms with Gasteiger partial charge in [-0.2, -0.15) is 0 Å². The summed E-state index contributed by atoms with van der Waals surface area (Å²) < 4.78 is 9.81. The summed E-state index contributed by atoms with van der Waals surface area (Å²) in [5.41, 5.74) is 5.06. The van der Waals surface area contributed by atoms with Crippen LogP contribution in [0, 0.1) is 0 Å². The third kappa shape index (κ3) is 13.7. The van der Waals surface area contributed by atoms with Gasteiger partial charge in [-0.25, -0.2) is 4.79 Å². The fraction of sp³-hybridized carbons (Fsp3) is 0.220. The number of amides is 2. The second kappa shape index (κ2) is 26.8. The second-order valence-electron chi connectivity index (χ2n) is 17.2. The molecule has 0 heterocycles. The van der Waals surface area contributed by atoms with Crippen molar-refractivity contribution in [1.82, 2.24) is 5.32 Å². The van der Waals surface area contributed by atoms with Crippen molar-refractivity contribution in [3.8, 4) is 0 Å². The lowest BCUT2D eigenvalue weighted by molar-refractivity contribution is -0.144. The minimum atomic E-state index is -0.819. The van der Waals surface area contributed by atoms with E-state index in [9.17, 15) is 47.9 Å². The Morgan fingerprint density at radius 1 is 0.474 bits per heavy atom. The fourth-order valence-electron chi connectivity index (χ4n) is 8.59. The Morgan fingerprint density at radius 3 is 1.34 bits per heavy atom. The summed E-state index contributed by atoms with van der Waals surface area (Å²) in [5.74, 6) is -4.42. The molecule has 17 heteroatoms. The minimum Gasteiger partial charge on any atom is -0.469 e. The van der Waals surface area contributed by atoms with E-state index in [4.69, 9.17) is 32.7 Å². The van der Waals surface area contributed by atoms with Crippen LogP contribution in [0.15, 0.2) is 133 Å². The summed E-state index contributed by atoms with van der Waals surface area (Å²) in [6.45, 7) is -0.119. The largest absolute Gasteiger partial charge is 0.469 e. The summed E-state index contributed by atoms with van der Waals surface area (Å²) in [7, 11) is 2.58. The van der Waals surface area contributed by atoms with Gasteiger partial charge >= 0.3 is 11.9 Å². The highest BCUT2D eigenvalue weighted by molar-refractivity contribution is 6.31. The van der Waals surface area contributed by atoms with Gasteiger partial charge in [-0.15, -0.1) is 23.2 Å². The van der Waals surface area contributed by atoms with Gasteiger partial charge in [0.1, 0.15) is 11.9 Å². The first-order valence-electron chi connectivity index (χ1n) is 23.1. The first kappa shape index (κ1) is 58.6. The first-order chi connectivity index (χ1) is 35.6. The molecule has 0 saturated heterocycles. The number of methoxy groups -OCH3 is 2. The SMILES string of the molecule is C.C.COC(=O)[C@H](CCC(=O)Nc1ccc2c(c1)C(=O)c1ccc(CC(=O)CN[C@@H](C(=O)OC)c3ccccc3)cc1C2=O)c1ccccc1.O=C(CCl)Cc1ccc2c(c1)C(=O)c1ccc(NC(=O)CCl)cc1C2=O. The molecule has 6 aromatic rings. The number of anilines is 2. The van der Waals surface area contributed by atoms with Crippen LogP contribution in [-0.4, -0.2) is 91.0 Å². The van der Waals surface area contributed by atoms with Gasteiger partial charge in [-0.1, -0.05) is 99.8 Å². The summed E-state index contributed by atoms with van der Waals surface area (Å²) in [6, 6.07) is 35.6. The zero-order valence-corrected chi connectivity index (χ0v) is 41.5. The molecule has 0 aromatic heterocycles. The van der Waals surface area contributed by atoms with Crippen molar-refractivity contribution in [1.29, 1.82) is 0 Å². The number of rotatable bonds is 18. The number of halogens is 2. The van der Waals surface area contributed by atoms with Crippen LogP contribution in [0.25, 0.3) is 0 Å². The predicted octanol–water partition coefficient (Wildman–Crippen LogP) is 9.01. The molecule has 0 bridgehead atoms. The van der Waals surface area contributed by atoms with E-state index in [1.165, 1.54) is 44.6 Å². The molecule has 8 rings (SSSR count). The Bertz CT molecular complexity index is 3020. The molecule has 2 atom stereocenters. The number of alkyl halides is 2. The number of ether oxygens (including phenoxy) is 2. The normalized spacial score (nSPS) is 12.5. The lowest BCUT2D eigenvalue weighted by Gasteiger charge is -2.20. The summed E-state index contributed by atoms with van der Waals surface area (Å²) in [4.78, 5) is 126. The molecule has 76 heavy (non-hydrogen) atoms. The molecule has 2 aliphatic rings. The Hall–Kier alpha value is -8.24. The van der Waals surface area contributed by atoms with Crippen molar-refractivity contribution in [2.24, 2.45) is 0 Å². The highest BCUT2D eigenvalue weighted by Gasteiger charge is 2.32. The molecule has 0 fully saturated rings. The molecule has 6 aromatic carbocycles. The van der Waals surface area contributed by atoms with E-state index < -0.39 is 29.8 Å². The molecular formula is C59H55Cl2N3O12. The summed E-state index contributed by atoms with van der Waals surface area (Å²) >= 11 is 11.0. The molecule has 0 aliphatic heterocycles. The van der Waals surface area contributed by atoms with Crippen molar-refractivity contribution in [3.05, 3.63) is 200 Å². The quantitative estimate of drug-likeness (QED) is 0.0539. The summed E-state index contributed by atoms with van der Waals surface area (Å²) in [5, 5.41) is 8.26. The molecule has 2 aliphatic carbocycles. The van der Waals surface area contributed by atoms with E-state index in [2.05, 4.69) is 16.0 Å². The Labute approximate surface area is 449 Å². The van der Waals surface area contributed by atoms with Gasteiger partial charge < -0.3 is 20.1 Å². The lowest BCUT2D eigenvalue weighted by Crippen LogP contribution is -2.34. The predicted molar refractivity (Wildman–Crippen MR) is 289 cm³/mol. The number of Topliss-reactive ketones (excluding diaryl/α,β-unsaturated/α-hetero) is 2. The van der Waals surface area contributed by atoms with Gasteiger partial charge in [0.25, 0.3) is 0 Å². The maximum absolute atomic E-state index is 13.5. The van der Waals surface area contributed by atoms with Gasteiger partial charge in [0.15, 0.2) is 34.7 Å². The van der Waals surface area contributed by atoms with Crippen molar-refractivity contribution in [3.63, 3.8) is 0 Å². The average molecular weight is 1070 g/mol. The number of ketones is 6. The fourth-order valence-corrected chi connectivity index (χ4v) is 8.75. The molecule has 0 radical (unpaired) electrons. The van der Waals surface area contributed by atoms with E-state index in [1.54, 1.807) is 78.9 Å². The highest BCUT2D eigenvalue weighted by Crippen LogP contribution is 2.32. The number of fused-ring (bicyclic) bond motifs is 4. The van der Waals surface area contributed by atoms with E-state index in [0.29, 0.717) is 28.1 Å². The molecule has 392 valence electrons. The van der Waals surface area contributed by atoms with Crippen LogP contribution >= 0.6 is 23.2 Å². The Balaban J connectivity index is 0.000000322. The van der Waals surface area contributed by atoms with Crippen LogP contribution in [0.4, 0.5) is 11.4 Å². The van der Waals surface area contributed by atoms with Gasteiger partial charge in [0, 0.05) is 75.1 Å². The third-order valence-corrected chi connectivity index (χ3v) is 12.8. The zero-order chi connectivity index (χ0) is 53.1. The van der Waals surface area contributed by atoms with Crippen molar-refractivity contribution in [2.75, 3.05) is 43.2 Å². The molecule has 0 spiro atoms. The monoisotopic (exact) mass is 1070 g/mol. The molecule has 0 unspecified atom stereocenters. The number of nitrogens with one attached hydrogen (secondary N) is 3. The maximum Gasteiger partial charge on any atom is 0.327 e. The number of carbonyl (C=O) groups is 10. The smallest absolute Gasteiger partial charge is 0.327 e. The molecular weight excluding hydrogens is 1010 g/mol. The van der Waals surface area contributed by atoms with Crippen LogP contribution in [0.1, 0.15) is 126 Å². The van der Waals surface area contributed by atoms with Crippen LogP contribution in [0.2, 0.25) is 0 Å². The maximum atomic E-state index is 13.5. The molecule has 3 N–H and O–H groups in total. The molecule has 0 saturated carbocycles. The van der Waals surface area contributed by atoms with Crippen LogP contribution in [0.5, 0.6) is 0 Å². The van der Waals surface area contributed by atoms with E-state index in [-0.39, 0.29) is 144 Å². The van der Waals surface area contributed by atoms with E-state index in [0.717, 1.165) is 5.56 Å². The Kier molecular flexibility index (Phi) is 20.7. The van der Waals surface area contributed by atoms with Gasteiger partial charge in [-0.05, 0) is 77.2 Å².